The summed E-state index contributed by atoms with van der Waals surface area (Å²) in [5, 5.41) is 10.8. The minimum Gasteiger partial charge on any atom is -0.506 e. The Hall–Kier alpha value is -2.79. The van der Waals surface area contributed by atoms with Crippen LogP contribution < -0.4 is 0 Å². The summed E-state index contributed by atoms with van der Waals surface area (Å²) in [6.45, 7) is 2.61. The van der Waals surface area contributed by atoms with Crippen molar-refractivity contribution >= 4 is 23.3 Å². The maximum Gasteiger partial charge on any atom is 0.433 e. The summed E-state index contributed by atoms with van der Waals surface area (Å²) in [5.41, 5.74) is -4.22. The Kier molecular flexibility index (Phi) is 8.13. The largest absolute Gasteiger partial charge is 0.506 e. The Labute approximate surface area is 182 Å². The molecular formula is C21H24F3NO7. The number of aliphatic hydroxyl groups is 1. The molecule has 0 amide bonds. The highest BCUT2D eigenvalue weighted by atomic mass is 19.4. The predicted molar refractivity (Wildman–Crippen MR) is 104 cm³/mol. The molecule has 1 saturated carbocycles. The van der Waals surface area contributed by atoms with Gasteiger partial charge >= 0.3 is 12.1 Å². The van der Waals surface area contributed by atoms with Crippen LogP contribution in [0.5, 0.6) is 0 Å². The summed E-state index contributed by atoms with van der Waals surface area (Å²) in [5.74, 6) is -3.41. The molecule has 32 heavy (non-hydrogen) atoms. The molecule has 0 aliphatic heterocycles. The van der Waals surface area contributed by atoms with Crippen LogP contribution in [0.2, 0.25) is 0 Å². The standard InChI is InChI=1S/C21H24F3NO7/c1-4-32-19(29)20(2)8-7-14(26)16(18(20)28)17(27)12-5-6-15(21(22,23)24)25-13(12)11-31-10-9-30-3/h5-6,27H,4,7-11H2,1-3H3/b17-16-. The molecule has 1 unspecified atom stereocenters. The second kappa shape index (κ2) is 10.2. The highest BCUT2D eigenvalue weighted by Gasteiger charge is 2.50. The van der Waals surface area contributed by atoms with E-state index in [1.54, 1.807) is 6.92 Å². The van der Waals surface area contributed by atoms with Crippen LogP contribution in [0.25, 0.3) is 5.76 Å². The van der Waals surface area contributed by atoms with Crippen molar-refractivity contribution in [3.8, 4) is 0 Å². The highest BCUT2D eigenvalue weighted by Crippen LogP contribution is 2.38. The Balaban J connectivity index is 2.56. The average molecular weight is 459 g/mol. The maximum atomic E-state index is 13.1. The van der Waals surface area contributed by atoms with Gasteiger partial charge in [0.15, 0.2) is 11.6 Å². The van der Waals surface area contributed by atoms with Gasteiger partial charge in [-0.3, -0.25) is 14.4 Å². The maximum absolute atomic E-state index is 13.1. The molecule has 1 aliphatic carbocycles. The number of aliphatic hydroxyl groups excluding tert-OH is 1. The second-order valence-electron chi connectivity index (χ2n) is 7.26. The number of hydrogen-bond donors (Lipinski definition) is 1. The molecule has 0 radical (unpaired) electrons. The van der Waals surface area contributed by atoms with E-state index in [0.717, 1.165) is 6.07 Å². The minimum atomic E-state index is -4.76. The van der Waals surface area contributed by atoms with Crippen molar-refractivity contribution < 1.29 is 46.9 Å². The zero-order valence-electron chi connectivity index (χ0n) is 17.9. The molecule has 0 bridgehead atoms. The van der Waals surface area contributed by atoms with Crippen molar-refractivity contribution in [1.29, 1.82) is 0 Å². The number of nitrogens with zero attached hydrogens (tertiary/aromatic N) is 1. The molecule has 0 aromatic carbocycles. The summed E-state index contributed by atoms with van der Waals surface area (Å²) < 4.78 is 54.4. The van der Waals surface area contributed by atoms with E-state index in [9.17, 15) is 32.7 Å². The summed E-state index contributed by atoms with van der Waals surface area (Å²) >= 11 is 0. The van der Waals surface area contributed by atoms with Crippen molar-refractivity contribution in [3.05, 3.63) is 34.7 Å². The van der Waals surface area contributed by atoms with Gasteiger partial charge in [-0.2, -0.15) is 13.2 Å². The Bertz CT molecular complexity index is 926. The third kappa shape index (κ3) is 5.33. The Morgan fingerprint density at radius 3 is 2.53 bits per heavy atom. The first-order valence-electron chi connectivity index (χ1n) is 9.80. The SMILES string of the molecule is CCOC(=O)C1(C)CCC(=O)/C(=C(/O)c2ccc(C(F)(F)F)nc2COCCOC)C1=O. The highest BCUT2D eigenvalue weighted by molar-refractivity contribution is 6.31. The number of carbonyl (C=O) groups excluding carboxylic acids is 3. The smallest absolute Gasteiger partial charge is 0.433 e. The molecule has 1 aromatic rings. The predicted octanol–water partition coefficient (Wildman–Crippen LogP) is 3.03. The molecule has 0 saturated heterocycles. The van der Waals surface area contributed by atoms with Crippen molar-refractivity contribution in [3.63, 3.8) is 0 Å². The first-order chi connectivity index (χ1) is 15.0. The minimum absolute atomic E-state index is 0.00641. The molecule has 2 rings (SSSR count). The third-order valence-corrected chi connectivity index (χ3v) is 5.01. The number of methoxy groups -OCH3 is 1. The number of allylic oxidation sites excluding steroid dienone is 1. The van der Waals surface area contributed by atoms with E-state index in [1.165, 1.54) is 14.0 Å². The van der Waals surface area contributed by atoms with Gasteiger partial charge in [0.1, 0.15) is 22.4 Å². The molecule has 0 spiro atoms. The number of ether oxygens (including phenoxy) is 3. The van der Waals surface area contributed by atoms with Crippen LogP contribution in [-0.2, 0) is 41.4 Å². The number of rotatable bonds is 8. The van der Waals surface area contributed by atoms with Crippen LogP contribution in [-0.4, -0.2) is 54.6 Å². The van der Waals surface area contributed by atoms with Crippen LogP contribution in [0.3, 0.4) is 0 Å². The molecule has 1 aromatic heterocycles. The Morgan fingerprint density at radius 2 is 1.94 bits per heavy atom. The molecule has 176 valence electrons. The number of alkyl halides is 3. The molecule has 1 aliphatic rings. The van der Waals surface area contributed by atoms with E-state index in [-0.39, 0.29) is 43.9 Å². The van der Waals surface area contributed by atoms with E-state index in [0.29, 0.717) is 6.07 Å². The number of ketones is 2. The van der Waals surface area contributed by atoms with Crippen LogP contribution in [0, 0.1) is 5.41 Å². The van der Waals surface area contributed by atoms with Crippen LogP contribution in [0.15, 0.2) is 17.7 Å². The first kappa shape index (κ1) is 25.5. The summed E-state index contributed by atoms with van der Waals surface area (Å²) in [4.78, 5) is 41.4. The van der Waals surface area contributed by atoms with Crippen LogP contribution in [0.4, 0.5) is 13.2 Å². The van der Waals surface area contributed by atoms with Gasteiger partial charge in [-0.25, -0.2) is 4.98 Å². The monoisotopic (exact) mass is 459 g/mol. The lowest BCUT2D eigenvalue weighted by molar-refractivity contribution is -0.159. The summed E-state index contributed by atoms with van der Waals surface area (Å²) in [6, 6.07) is 1.52. The quantitative estimate of drug-likeness (QED) is 0.158. The lowest BCUT2D eigenvalue weighted by atomic mass is 9.71. The van der Waals surface area contributed by atoms with Gasteiger partial charge < -0.3 is 19.3 Å². The van der Waals surface area contributed by atoms with Crippen LogP contribution >= 0.6 is 0 Å². The molecule has 8 nitrogen and oxygen atoms in total. The van der Waals surface area contributed by atoms with Gasteiger partial charge in [-0.1, -0.05) is 0 Å². The number of hydrogen-bond acceptors (Lipinski definition) is 8. The first-order valence-corrected chi connectivity index (χ1v) is 9.80. The zero-order chi connectivity index (χ0) is 24.1. The van der Waals surface area contributed by atoms with Gasteiger partial charge in [-0.05, 0) is 32.4 Å². The van der Waals surface area contributed by atoms with E-state index in [2.05, 4.69) is 4.98 Å². The summed E-state index contributed by atoms with van der Waals surface area (Å²) in [6.07, 6.45) is -5.10. The van der Waals surface area contributed by atoms with Gasteiger partial charge in [0.25, 0.3) is 0 Å². The molecule has 1 fully saturated rings. The lowest BCUT2D eigenvalue weighted by Crippen LogP contribution is -2.44. The number of carbonyl (C=O) groups is 3. The molecule has 1 heterocycles. The van der Waals surface area contributed by atoms with Gasteiger partial charge in [0, 0.05) is 19.1 Å². The average Bonchev–Trinajstić information content (AvgIpc) is 2.73. The Morgan fingerprint density at radius 1 is 1.25 bits per heavy atom. The van der Waals surface area contributed by atoms with Crippen molar-refractivity contribution in [2.45, 2.75) is 39.5 Å². The normalized spacial score (nSPS) is 20.9. The summed E-state index contributed by atoms with van der Waals surface area (Å²) in [7, 11) is 1.41. The third-order valence-electron chi connectivity index (χ3n) is 5.01. The topological polar surface area (TPSA) is 112 Å². The lowest BCUT2D eigenvalue weighted by Gasteiger charge is -2.30. The van der Waals surface area contributed by atoms with Crippen molar-refractivity contribution in [2.24, 2.45) is 5.41 Å². The van der Waals surface area contributed by atoms with Crippen molar-refractivity contribution in [2.75, 3.05) is 26.9 Å². The molecule has 11 heteroatoms. The number of pyridine rings is 1. The fourth-order valence-electron chi connectivity index (χ4n) is 3.16. The number of halogens is 3. The van der Waals surface area contributed by atoms with Gasteiger partial charge in [0.05, 0.1) is 32.1 Å². The van der Waals surface area contributed by atoms with E-state index < -0.39 is 52.8 Å². The fourth-order valence-corrected chi connectivity index (χ4v) is 3.16. The van der Waals surface area contributed by atoms with E-state index in [1.807, 2.05) is 0 Å². The van der Waals surface area contributed by atoms with Crippen molar-refractivity contribution in [1.82, 2.24) is 4.98 Å². The van der Waals surface area contributed by atoms with E-state index >= 15 is 0 Å². The van der Waals surface area contributed by atoms with Crippen LogP contribution in [0.1, 0.15) is 43.6 Å². The molecular weight excluding hydrogens is 435 g/mol. The molecule has 1 N–H and O–H groups in total. The fraction of sp³-hybridized carbons (Fsp3) is 0.524. The number of aromatic nitrogens is 1. The van der Waals surface area contributed by atoms with E-state index in [4.69, 9.17) is 14.2 Å². The number of Topliss-reactive ketones (excluding diaryl/α,β-unsaturated/α-hetero) is 2. The zero-order valence-corrected chi connectivity index (χ0v) is 17.9. The number of esters is 1. The van der Waals surface area contributed by atoms with Gasteiger partial charge in [0.2, 0.25) is 0 Å². The molecule has 1 atom stereocenters. The van der Waals surface area contributed by atoms with Gasteiger partial charge in [-0.15, -0.1) is 0 Å². The second-order valence-corrected chi connectivity index (χ2v) is 7.26.